The van der Waals surface area contributed by atoms with Crippen LogP contribution in [0, 0.1) is 17.5 Å². The van der Waals surface area contributed by atoms with Crippen molar-refractivity contribution in [3.05, 3.63) is 35.1 Å². The Labute approximate surface area is 118 Å². The van der Waals surface area contributed by atoms with E-state index in [0.29, 0.717) is 18.7 Å². The molecule has 1 aliphatic heterocycles. The molecule has 1 aliphatic rings. The lowest BCUT2D eigenvalue weighted by atomic mass is 10.1. The Hall–Kier alpha value is -1.07. The number of nitrogens with zero attached hydrogens (tertiary/aromatic N) is 1. The third kappa shape index (κ3) is 3.96. The van der Waals surface area contributed by atoms with E-state index in [2.05, 4.69) is 17.1 Å². The molecule has 0 amide bonds. The van der Waals surface area contributed by atoms with E-state index in [9.17, 15) is 13.2 Å². The highest BCUT2D eigenvalue weighted by atomic mass is 19.2. The zero-order valence-corrected chi connectivity index (χ0v) is 11.8. The lowest BCUT2D eigenvalue weighted by molar-refractivity contribution is 0.170. The molecule has 0 bridgehead atoms. The molecular formula is C15H21F3N2. The Kier molecular flexibility index (Phi) is 5.43. The molecule has 2 rings (SSSR count). The van der Waals surface area contributed by atoms with Gasteiger partial charge in [0.25, 0.3) is 0 Å². The van der Waals surface area contributed by atoms with Crippen molar-refractivity contribution in [3.8, 4) is 0 Å². The third-order valence-electron chi connectivity index (χ3n) is 3.86. The lowest BCUT2D eigenvalue weighted by Crippen LogP contribution is -2.43. The Morgan fingerprint density at radius 2 is 1.70 bits per heavy atom. The summed E-state index contributed by atoms with van der Waals surface area (Å²) in [6.45, 7) is 5.24. The average molecular weight is 286 g/mol. The van der Waals surface area contributed by atoms with Gasteiger partial charge in [-0.05, 0) is 38.9 Å². The molecule has 1 atom stereocenters. The van der Waals surface area contributed by atoms with E-state index in [-0.39, 0.29) is 12.1 Å². The summed E-state index contributed by atoms with van der Waals surface area (Å²) in [4.78, 5) is 2.40. The molecule has 0 radical (unpaired) electrons. The summed E-state index contributed by atoms with van der Waals surface area (Å²) in [6, 6.07) is 1.88. The highest BCUT2D eigenvalue weighted by molar-refractivity contribution is 5.19. The molecule has 112 valence electrons. The molecule has 0 spiro atoms. The standard InChI is InChI=1S/C15H21F3N2/c1-11(20-5-3-2-4-6-20)9-19-10-12-7-14(17)15(18)8-13(12)16/h7-8,11,19H,2-6,9-10H2,1H3. The topological polar surface area (TPSA) is 15.3 Å². The number of halogens is 3. The molecule has 1 unspecified atom stereocenters. The first-order valence-electron chi connectivity index (χ1n) is 7.16. The van der Waals surface area contributed by atoms with Gasteiger partial charge in [-0.15, -0.1) is 0 Å². The van der Waals surface area contributed by atoms with Crippen molar-refractivity contribution in [3.63, 3.8) is 0 Å². The number of hydrogen-bond acceptors (Lipinski definition) is 2. The van der Waals surface area contributed by atoms with Gasteiger partial charge in [0.1, 0.15) is 5.82 Å². The first-order valence-corrected chi connectivity index (χ1v) is 7.16. The van der Waals surface area contributed by atoms with Crippen molar-refractivity contribution in [2.75, 3.05) is 19.6 Å². The SMILES string of the molecule is CC(CNCc1cc(F)c(F)cc1F)N1CCCCC1. The van der Waals surface area contributed by atoms with Crippen molar-refractivity contribution >= 4 is 0 Å². The molecule has 1 saturated heterocycles. The van der Waals surface area contributed by atoms with Crippen LogP contribution >= 0.6 is 0 Å². The minimum atomic E-state index is -1.15. The van der Waals surface area contributed by atoms with Crippen LogP contribution in [0.4, 0.5) is 13.2 Å². The molecule has 20 heavy (non-hydrogen) atoms. The third-order valence-corrected chi connectivity index (χ3v) is 3.86. The number of likely N-dealkylation sites (tertiary alicyclic amines) is 1. The number of piperidine rings is 1. The predicted octanol–water partition coefficient (Wildman–Crippen LogP) is 3.07. The van der Waals surface area contributed by atoms with E-state index in [1.54, 1.807) is 0 Å². The van der Waals surface area contributed by atoms with Gasteiger partial charge in [0.15, 0.2) is 11.6 Å². The summed E-state index contributed by atoms with van der Waals surface area (Å²) in [6.07, 6.45) is 3.74. The molecule has 1 heterocycles. The maximum Gasteiger partial charge on any atom is 0.161 e. The smallest absolute Gasteiger partial charge is 0.161 e. The van der Waals surface area contributed by atoms with E-state index >= 15 is 0 Å². The van der Waals surface area contributed by atoms with Crippen LogP contribution in [0.5, 0.6) is 0 Å². The van der Waals surface area contributed by atoms with Gasteiger partial charge in [-0.1, -0.05) is 6.42 Å². The van der Waals surface area contributed by atoms with Crippen LogP contribution in [0.25, 0.3) is 0 Å². The van der Waals surface area contributed by atoms with Gasteiger partial charge in [0.05, 0.1) is 0 Å². The number of rotatable bonds is 5. The van der Waals surface area contributed by atoms with Gasteiger partial charge in [-0.3, -0.25) is 4.90 Å². The predicted molar refractivity (Wildman–Crippen MR) is 72.9 cm³/mol. The molecule has 0 aliphatic carbocycles. The van der Waals surface area contributed by atoms with Crippen molar-refractivity contribution in [2.45, 2.75) is 38.8 Å². The Balaban J connectivity index is 1.82. The van der Waals surface area contributed by atoms with Crippen LogP contribution in [0.1, 0.15) is 31.7 Å². The molecule has 1 N–H and O–H groups in total. The number of benzene rings is 1. The van der Waals surface area contributed by atoms with Crippen LogP contribution in [0.15, 0.2) is 12.1 Å². The lowest BCUT2D eigenvalue weighted by Gasteiger charge is -2.32. The normalized spacial score (nSPS) is 18.2. The molecule has 1 aromatic carbocycles. The Morgan fingerprint density at radius 1 is 1.05 bits per heavy atom. The summed E-state index contributed by atoms with van der Waals surface area (Å²) in [5.41, 5.74) is 0.162. The van der Waals surface area contributed by atoms with Crippen molar-refractivity contribution in [1.82, 2.24) is 10.2 Å². The fourth-order valence-corrected chi connectivity index (χ4v) is 2.60. The Bertz CT molecular complexity index is 445. The molecule has 2 nitrogen and oxygen atoms in total. The first kappa shape index (κ1) is 15.3. The average Bonchev–Trinajstić information content (AvgIpc) is 2.45. The van der Waals surface area contributed by atoms with E-state index in [4.69, 9.17) is 0 Å². The molecule has 0 aromatic heterocycles. The summed E-state index contributed by atoms with van der Waals surface area (Å²) in [5.74, 6) is -2.86. The van der Waals surface area contributed by atoms with Gasteiger partial charge in [-0.2, -0.15) is 0 Å². The second-order valence-electron chi connectivity index (χ2n) is 5.43. The number of nitrogens with one attached hydrogen (secondary N) is 1. The summed E-state index contributed by atoms with van der Waals surface area (Å²) in [5, 5.41) is 3.12. The summed E-state index contributed by atoms with van der Waals surface area (Å²) in [7, 11) is 0. The van der Waals surface area contributed by atoms with Gasteiger partial charge in [0, 0.05) is 30.8 Å². The number of hydrogen-bond donors (Lipinski definition) is 1. The quantitative estimate of drug-likeness (QED) is 0.837. The second kappa shape index (κ2) is 7.09. The Morgan fingerprint density at radius 3 is 2.40 bits per heavy atom. The largest absolute Gasteiger partial charge is 0.311 e. The monoisotopic (exact) mass is 286 g/mol. The molecular weight excluding hydrogens is 265 g/mol. The van der Waals surface area contributed by atoms with Crippen molar-refractivity contribution < 1.29 is 13.2 Å². The van der Waals surface area contributed by atoms with Crippen molar-refractivity contribution in [1.29, 1.82) is 0 Å². The van der Waals surface area contributed by atoms with E-state index in [1.807, 2.05) is 0 Å². The molecule has 5 heteroatoms. The summed E-state index contributed by atoms with van der Waals surface area (Å²) < 4.78 is 39.3. The zero-order valence-electron chi connectivity index (χ0n) is 11.8. The zero-order chi connectivity index (χ0) is 14.5. The van der Waals surface area contributed by atoms with Gasteiger partial charge < -0.3 is 5.32 Å². The van der Waals surface area contributed by atoms with Crippen LogP contribution < -0.4 is 5.32 Å². The maximum atomic E-state index is 13.5. The first-order chi connectivity index (χ1) is 9.58. The summed E-state index contributed by atoms with van der Waals surface area (Å²) >= 11 is 0. The fourth-order valence-electron chi connectivity index (χ4n) is 2.60. The molecule has 1 fully saturated rings. The fraction of sp³-hybridized carbons (Fsp3) is 0.600. The van der Waals surface area contributed by atoms with E-state index in [0.717, 1.165) is 19.2 Å². The van der Waals surface area contributed by atoms with Crippen molar-refractivity contribution in [2.24, 2.45) is 0 Å². The molecule has 0 saturated carbocycles. The second-order valence-corrected chi connectivity index (χ2v) is 5.43. The van der Waals surface area contributed by atoms with Crippen LogP contribution in [0.3, 0.4) is 0 Å². The van der Waals surface area contributed by atoms with Crippen LogP contribution in [-0.4, -0.2) is 30.6 Å². The van der Waals surface area contributed by atoms with Crippen LogP contribution in [-0.2, 0) is 6.54 Å². The minimum absolute atomic E-state index is 0.162. The van der Waals surface area contributed by atoms with E-state index < -0.39 is 17.5 Å². The minimum Gasteiger partial charge on any atom is -0.311 e. The van der Waals surface area contributed by atoms with Crippen LogP contribution in [0.2, 0.25) is 0 Å². The highest BCUT2D eigenvalue weighted by Crippen LogP contribution is 2.14. The molecule has 1 aromatic rings. The van der Waals surface area contributed by atoms with Gasteiger partial charge in [-0.25, -0.2) is 13.2 Å². The van der Waals surface area contributed by atoms with E-state index in [1.165, 1.54) is 19.3 Å². The highest BCUT2D eigenvalue weighted by Gasteiger charge is 2.16. The maximum absolute atomic E-state index is 13.5. The van der Waals surface area contributed by atoms with Gasteiger partial charge in [0.2, 0.25) is 0 Å². The van der Waals surface area contributed by atoms with Gasteiger partial charge >= 0.3 is 0 Å².